The molecule has 1 aromatic heterocycles. The fourth-order valence-corrected chi connectivity index (χ4v) is 2.14. The number of likely N-dealkylation sites (N-methyl/N-ethyl adjacent to an activating group) is 1. The van der Waals surface area contributed by atoms with Crippen LogP contribution in [0.1, 0.15) is 12.8 Å². The fourth-order valence-electron chi connectivity index (χ4n) is 2.14. The van der Waals surface area contributed by atoms with E-state index in [9.17, 15) is 9.90 Å². The Balaban J connectivity index is 0.00000162. The summed E-state index contributed by atoms with van der Waals surface area (Å²) in [6, 6.07) is 1.61. The van der Waals surface area contributed by atoms with Crippen LogP contribution in [0.3, 0.4) is 0 Å². The van der Waals surface area contributed by atoms with Crippen LogP contribution in [0.5, 0.6) is 0 Å². The van der Waals surface area contributed by atoms with Crippen molar-refractivity contribution in [3.8, 4) is 0 Å². The summed E-state index contributed by atoms with van der Waals surface area (Å²) in [5.41, 5.74) is 0. The molecular formula is C11H18BrN3O3. The van der Waals surface area contributed by atoms with Gasteiger partial charge in [-0.15, -0.1) is 0 Å². The second-order valence-corrected chi connectivity index (χ2v) is 4.89. The number of quaternary nitrogens is 1. The number of rotatable bonds is 3. The third-order valence-electron chi connectivity index (χ3n) is 3.23. The van der Waals surface area contributed by atoms with Crippen LogP contribution in [0, 0.1) is 0 Å². The standard InChI is InChI=1S/C11H17N3O3.BrH/c1-14(5-2-9(15)3-6-14)8-11(16)12-10-4-7-17-13-10;/h4,7,9,15H,2-3,5-6,8H2,1H3;1H. The van der Waals surface area contributed by atoms with E-state index < -0.39 is 0 Å². The van der Waals surface area contributed by atoms with E-state index in [1.165, 1.54) is 6.26 Å². The molecule has 2 N–H and O–H groups in total. The molecule has 7 heteroatoms. The summed E-state index contributed by atoms with van der Waals surface area (Å²) in [5, 5.41) is 15.8. The van der Waals surface area contributed by atoms with E-state index in [1.807, 2.05) is 7.05 Å². The van der Waals surface area contributed by atoms with E-state index in [1.54, 1.807) is 6.07 Å². The molecule has 2 heterocycles. The molecule has 0 bridgehead atoms. The number of hydrogen-bond acceptors (Lipinski definition) is 4. The zero-order valence-corrected chi connectivity index (χ0v) is 11.9. The number of anilines is 1. The summed E-state index contributed by atoms with van der Waals surface area (Å²) in [4.78, 5) is 11.8. The lowest BCUT2D eigenvalue weighted by Gasteiger charge is -2.38. The van der Waals surface area contributed by atoms with Crippen LogP contribution in [0.25, 0.3) is 0 Å². The topological polar surface area (TPSA) is 75.4 Å². The first-order chi connectivity index (χ1) is 8.07. The second kappa shape index (κ2) is 6.31. The Morgan fingerprint density at radius 1 is 1.61 bits per heavy atom. The van der Waals surface area contributed by atoms with Crippen molar-refractivity contribution in [1.29, 1.82) is 0 Å². The van der Waals surface area contributed by atoms with E-state index in [-0.39, 0.29) is 29.0 Å². The highest BCUT2D eigenvalue weighted by atomic mass is 79.9. The van der Waals surface area contributed by atoms with Gasteiger partial charge in [0.15, 0.2) is 12.4 Å². The number of aliphatic hydroxyl groups is 1. The maximum atomic E-state index is 11.8. The Morgan fingerprint density at radius 3 is 2.83 bits per heavy atom. The van der Waals surface area contributed by atoms with Crippen molar-refractivity contribution in [3.63, 3.8) is 0 Å². The van der Waals surface area contributed by atoms with Crippen LogP contribution in [0.4, 0.5) is 5.82 Å². The number of carbonyl (C=O) groups is 1. The Hall–Kier alpha value is -0.920. The number of piperidine rings is 1. The smallest absolute Gasteiger partial charge is 0.280 e. The molecule has 0 saturated carbocycles. The summed E-state index contributed by atoms with van der Waals surface area (Å²) in [6.07, 6.45) is 2.73. The quantitative estimate of drug-likeness (QED) is 0.591. The Morgan fingerprint density at radius 2 is 2.28 bits per heavy atom. The van der Waals surface area contributed by atoms with Gasteiger partial charge in [0.05, 0.1) is 26.2 Å². The van der Waals surface area contributed by atoms with Crippen molar-refractivity contribution in [2.75, 3.05) is 32.0 Å². The third kappa shape index (κ3) is 4.08. The zero-order chi connectivity index (χ0) is 12.3. The van der Waals surface area contributed by atoms with Gasteiger partial charge in [-0.25, -0.2) is 0 Å². The summed E-state index contributed by atoms with van der Waals surface area (Å²) in [7, 11) is 2.04. The lowest BCUT2D eigenvalue weighted by atomic mass is 10.1. The minimum Gasteiger partial charge on any atom is -1.00 e. The fraction of sp³-hybridized carbons (Fsp3) is 0.636. The third-order valence-corrected chi connectivity index (χ3v) is 3.23. The van der Waals surface area contributed by atoms with Crippen molar-refractivity contribution in [2.24, 2.45) is 0 Å². The summed E-state index contributed by atoms with van der Waals surface area (Å²) >= 11 is 0. The van der Waals surface area contributed by atoms with Gasteiger partial charge in [-0.05, 0) is 0 Å². The predicted molar refractivity (Wildman–Crippen MR) is 61.2 cm³/mol. The van der Waals surface area contributed by atoms with E-state index in [2.05, 4.69) is 15.0 Å². The number of aromatic nitrogens is 1. The van der Waals surface area contributed by atoms with E-state index in [4.69, 9.17) is 0 Å². The largest absolute Gasteiger partial charge is 1.00 e. The summed E-state index contributed by atoms with van der Waals surface area (Å²) in [5.74, 6) is 0.372. The Kier molecular flexibility index (Phi) is 5.30. The van der Waals surface area contributed by atoms with Crippen LogP contribution < -0.4 is 22.3 Å². The number of halogens is 1. The summed E-state index contributed by atoms with van der Waals surface area (Å²) < 4.78 is 5.31. The number of nitrogens with one attached hydrogen (secondary N) is 1. The molecule has 0 spiro atoms. The molecule has 0 atom stereocenters. The minimum atomic E-state index is -0.209. The van der Waals surface area contributed by atoms with Gasteiger partial charge in [0, 0.05) is 18.9 Å². The molecule has 0 radical (unpaired) electrons. The molecule has 1 aromatic rings. The SMILES string of the molecule is C[N+]1(CC(=O)Nc2ccon2)CCC(O)CC1.[Br-]. The van der Waals surface area contributed by atoms with Crippen molar-refractivity contribution < 1.29 is 35.9 Å². The highest BCUT2D eigenvalue weighted by molar-refractivity contribution is 5.90. The first-order valence-electron chi connectivity index (χ1n) is 5.79. The summed E-state index contributed by atoms with van der Waals surface area (Å²) in [6.45, 7) is 2.06. The Labute approximate surface area is 116 Å². The number of amides is 1. The highest BCUT2D eigenvalue weighted by Gasteiger charge is 2.31. The second-order valence-electron chi connectivity index (χ2n) is 4.89. The van der Waals surface area contributed by atoms with Crippen LogP contribution in [0.15, 0.2) is 16.9 Å². The molecule has 0 aromatic carbocycles. The Bertz CT molecular complexity index is 375. The molecule has 0 aliphatic carbocycles. The molecule has 2 rings (SSSR count). The molecule has 1 fully saturated rings. The number of aliphatic hydroxyl groups excluding tert-OH is 1. The van der Waals surface area contributed by atoms with Gasteiger partial charge in [0.25, 0.3) is 5.91 Å². The normalized spacial score (nSPS) is 27.3. The maximum absolute atomic E-state index is 11.8. The molecule has 1 aliphatic rings. The lowest BCUT2D eigenvalue weighted by molar-refractivity contribution is -0.907. The molecule has 102 valence electrons. The van der Waals surface area contributed by atoms with Gasteiger partial charge in [0.2, 0.25) is 0 Å². The zero-order valence-electron chi connectivity index (χ0n) is 10.3. The van der Waals surface area contributed by atoms with Crippen LogP contribution in [-0.4, -0.2) is 53.4 Å². The average molecular weight is 320 g/mol. The van der Waals surface area contributed by atoms with Gasteiger partial charge >= 0.3 is 0 Å². The average Bonchev–Trinajstić information content (AvgIpc) is 2.75. The highest BCUT2D eigenvalue weighted by Crippen LogP contribution is 2.16. The van der Waals surface area contributed by atoms with E-state index in [0.717, 1.165) is 25.9 Å². The molecule has 0 unspecified atom stereocenters. The van der Waals surface area contributed by atoms with Gasteiger partial charge in [-0.3, -0.25) is 4.79 Å². The van der Waals surface area contributed by atoms with Crippen molar-refractivity contribution in [3.05, 3.63) is 12.3 Å². The van der Waals surface area contributed by atoms with Gasteiger partial charge in [-0.1, -0.05) is 5.16 Å². The predicted octanol–water partition coefficient (Wildman–Crippen LogP) is -2.78. The van der Waals surface area contributed by atoms with Crippen molar-refractivity contribution in [1.82, 2.24) is 5.16 Å². The van der Waals surface area contributed by atoms with Gasteiger partial charge < -0.3 is 36.4 Å². The van der Waals surface area contributed by atoms with E-state index >= 15 is 0 Å². The van der Waals surface area contributed by atoms with Crippen molar-refractivity contribution in [2.45, 2.75) is 18.9 Å². The number of hydrogen-bond donors (Lipinski definition) is 2. The monoisotopic (exact) mass is 319 g/mol. The molecular weight excluding hydrogens is 302 g/mol. The maximum Gasteiger partial charge on any atom is 0.280 e. The lowest BCUT2D eigenvalue weighted by Crippen LogP contribution is -3.00. The number of likely N-dealkylation sites (tertiary alicyclic amines) is 1. The molecule has 1 saturated heterocycles. The van der Waals surface area contributed by atoms with Gasteiger partial charge in [0.1, 0.15) is 6.26 Å². The first kappa shape index (κ1) is 15.1. The molecule has 1 aliphatic heterocycles. The van der Waals surface area contributed by atoms with Crippen LogP contribution in [-0.2, 0) is 4.79 Å². The van der Waals surface area contributed by atoms with Crippen LogP contribution >= 0.6 is 0 Å². The molecule has 1 amide bonds. The number of carbonyl (C=O) groups excluding carboxylic acids is 1. The van der Waals surface area contributed by atoms with E-state index in [0.29, 0.717) is 16.8 Å². The molecule has 18 heavy (non-hydrogen) atoms. The molecule has 6 nitrogen and oxygen atoms in total. The number of nitrogens with zero attached hydrogens (tertiary/aromatic N) is 2. The minimum absolute atomic E-state index is 0. The van der Waals surface area contributed by atoms with Crippen LogP contribution in [0.2, 0.25) is 0 Å². The van der Waals surface area contributed by atoms with Crippen molar-refractivity contribution >= 4 is 11.7 Å². The first-order valence-corrected chi connectivity index (χ1v) is 5.79. The van der Waals surface area contributed by atoms with Gasteiger partial charge in [-0.2, -0.15) is 0 Å².